The van der Waals surface area contributed by atoms with Gasteiger partial charge in [-0.3, -0.25) is 9.78 Å². The molecule has 2 atom stereocenters. The van der Waals surface area contributed by atoms with Crippen LogP contribution >= 0.6 is 0 Å². The van der Waals surface area contributed by atoms with E-state index in [4.69, 9.17) is 4.74 Å². The monoisotopic (exact) mass is 368 g/mol. The zero-order chi connectivity index (χ0) is 19.6. The fraction of sp³-hybridized carbons (Fsp3) is 0.478. The molecule has 27 heavy (non-hydrogen) atoms. The second-order valence-electron chi connectivity index (χ2n) is 7.42. The van der Waals surface area contributed by atoms with Gasteiger partial charge in [-0.1, -0.05) is 52.3 Å². The van der Waals surface area contributed by atoms with Crippen LogP contribution in [-0.2, 0) is 17.8 Å². The molecule has 1 unspecified atom stereocenters. The second kappa shape index (κ2) is 10.8. The van der Waals surface area contributed by atoms with E-state index < -0.39 is 0 Å². The summed E-state index contributed by atoms with van der Waals surface area (Å²) in [7, 11) is 0. The molecule has 0 saturated heterocycles. The number of rotatable bonds is 11. The maximum Gasteiger partial charge on any atom is 0.152 e. The molecule has 0 radical (unpaired) electrons. The van der Waals surface area contributed by atoms with Crippen LogP contribution in [0.3, 0.4) is 0 Å². The van der Waals surface area contributed by atoms with E-state index in [0.29, 0.717) is 18.8 Å². The van der Waals surface area contributed by atoms with Gasteiger partial charge in [-0.05, 0) is 42.7 Å². The van der Waals surface area contributed by atoms with Gasteiger partial charge in [0.1, 0.15) is 12.4 Å². The summed E-state index contributed by atoms with van der Waals surface area (Å²) in [4.78, 5) is 17.1. The van der Waals surface area contributed by atoms with Gasteiger partial charge in [0.15, 0.2) is 5.78 Å². The van der Waals surface area contributed by atoms with Gasteiger partial charge in [-0.25, -0.2) is 0 Å². The van der Waals surface area contributed by atoms with Crippen molar-refractivity contribution in [3.8, 4) is 5.75 Å². The van der Waals surface area contributed by atoms with E-state index in [2.05, 4.69) is 31.1 Å². The molecule has 1 aromatic carbocycles. The third-order valence-electron chi connectivity index (χ3n) is 4.56. The van der Waals surface area contributed by atoms with E-state index in [1.807, 2.05) is 49.4 Å². The summed E-state index contributed by atoms with van der Waals surface area (Å²) in [5.41, 5.74) is 2.04. The van der Waals surface area contributed by atoms with Crippen LogP contribution in [0.2, 0.25) is 0 Å². The van der Waals surface area contributed by atoms with Crippen molar-refractivity contribution in [3.63, 3.8) is 0 Å². The number of hydrogen-bond acceptors (Lipinski definition) is 4. The minimum absolute atomic E-state index is 0.0900. The van der Waals surface area contributed by atoms with Crippen molar-refractivity contribution in [3.05, 3.63) is 59.9 Å². The SMILES string of the molecule is CCCC(C)C(=O)[C@H](Cc1ccc(OCc2ccccn2)cc1)NC(C)C. The number of nitrogens with zero attached hydrogens (tertiary/aromatic N) is 1. The largest absolute Gasteiger partial charge is 0.487 e. The topological polar surface area (TPSA) is 51.2 Å². The fourth-order valence-corrected chi connectivity index (χ4v) is 3.16. The van der Waals surface area contributed by atoms with E-state index in [0.717, 1.165) is 29.8 Å². The summed E-state index contributed by atoms with van der Waals surface area (Å²) in [5.74, 6) is 1.21. The number of aromatic nitrogens is 1. The van der Waals surface area contributed by atoms with Gasteiger partial charge in [-0.15, -0.1) is 0 Å². The maximum absolute atomic E-state index is 12.8. The Bertz CT molecular complexity index is 683. The molecule has 0 bridgehead atoms. The minimum Gasteiger partial charge on any atom is -0.487 e. The van der Waals surface area contributed by atoms with Crippen molar-refractivity contribution in [2.75, 3.05) is 0 Å². The van der Waals surface area contributed by atoms with Gasteiger partial charge in [0, 0.05) is 18.2 Å². The number of ether oxygens (including phenoxy) is 1. The Morgan fingerprint density at radius 1 is 1.11 bits per heavy atom. The Morgan fingerprint density at radius 2 is 1.85 bits per heavy atom. The highest BCUT2D eigenvalue weighted by Gasteiger charge is 2.24. The molecule has 0 aliphatic heterocycles. The van der Waals surface area contributed by atoms with E-state index >= 15 is 0 Å². The van der Waals surface area contributed by atoms with Crippen molar-refractivity contribution >= 4 is 5.78 Å². The number of ketones is 1. The summed E-state index contributed by atoms with van der Waals surface area (Å²) in [6.45, 7) is 8.77. The number of carbonyl (C=O) groups is 1. The summed E-state index contributed by atoms with van der Waals surface area (Å²) >= 11 is 0. The first-order valence-corrected chi connectivity index (χ1v) is 9.91. The molecule has 0 saturated carbocycles. The van der Waals surface area contributed by atoms with Crippen LogP contribution in [0, 0.1) is 5.92 Å². The molecule has 0 aliphatic carbocycles. The van der Waals surface area contributed by atoms with Gasteiger partial charge in [-0.2, -0.15) is 0 Å². The highest BCUT2D eigenvalue weighted by Crippen LogP contribution is 2.17. The Kier molecular flexibility index (Phi) is 8.46. The quantitative estimate of drug-likeness (QED) is 0.631. The van der Waals surface area contributed by atoms with Crippen molar-refractivity contribution in [1.29, 1.82) is 0 Å². The fourth-order valence-electron chi connectivity index (χ4n) is 3.16. The number of Topliss-reactive ketones (excluding diaryl/α,β-unsaturated/α-hetero) is 1. The number of carbonyl (C=O) groups excluding carboxylic acids is 1. The third-order valence-corrected chi connectivity index (χ3v) is 4.56. The molecule has 2 aromatic rings. The molecule has 1 N–H and O–H groups in total. The van der Waals surface area contributed by atoms with Crippen LogP contribution < -0.4 is 10.1 Å². The Balaban J connectivity index is 1.97. The molecule has 1 aromatic heterocycles. The van der Waals surface area contributed by atoms with Crippen LogP contribution in [0.25, 0.3) is 0 Å². The molecule has 2 rings (SSSR count). The zero-order valence-corrected chi connectivity index (χ0v) is 16.9. The summed E-state index contributed by atoms with van der Waals surface area (Å²) in [6.07, 6.45) is 4.44. The average Bonchev–Trinajstić information content (AvgIpc) is 2.67. The Morgan fingerprint density at radius 3 is 2.44 bits per heavy atom. The molecule has 4 nitrogen and oxygen atoms in total. The molecule has 0 aliphatic rings. The molecule has 146 valence electrons. The predicted molar refractivity (Wildman–Crippen MR) is 110 cm³/mol. The Hall–Kier alpha value is -2.20. The lowest BCUT2D eigenvalue weighted by molar-refractivity contribution is -0.124. The molecule has 0 fully saturated rings. The first-order chi connectivity index (χ1) is 13.0. The standard InChI is InChI=1S/C23H32N2O2/c1-5-8-18(4)23(26)22(25-17(2)3)15-19-10-12-21(13-11-19)27-16-20-9-6-7-14-24-20/h6-7,9-14,17-18,22,25H,5,8,15-16H2,1-4H3/t18?,22-/m0/s1. The second-order valence-corrected chi connectivity index (χ2v) is 7.42. The maximum atomic E-state index is 12.8. The average molecular weight is 369 g/mol. The Labute approximate surface area is 163 Å². The number of hydrogen-bond donors (Lipinski definition) is 1. The van der Waals surface area contributed by atoms with Crippen molar-refractivity contribution < 1.29 is 9.53 Å². The molecular formula is C23H32N2O2. The van der Waals surface area contributed by atoms with E-state index in [9.17, 15) is 4.79 Å². The third kappa shape index (κ3) is 7.14. The first kappa shape index (κ1) is 21.1. The van der Waals surface area contributed by atoms with E-state index in [-0.39, 0.29) is 18.0 Å². The van der Waals surface area contributed by atoms with E-state index in [1.165, 1.54) is 0 Å². The van der Waals surface area contributed by atoms with Crippen LogP contribution in [0.4, 0.5) is 0 Å². The smallest absolute Gasteiger partial charge is 0.152 e. The van der Waals surface area contributed by atoms with Crippen molar-refractivity contribution in [2.24, 2.45) is 5.92 Å². The molecular weight excluding hydrogens is 336 g/mol. The van der Waals surface area contributed by atoms with Gasteiger partial charge in [0.05, 0.1) is 11.7 Å². The highest BCUT2D eigenvalue weighted by molar-refractivity contribution is 5.86. The molecule has 1 heterocycles. The lowest BCUT2D eigenvalue weighted by Gasteiger charge is -2.23. The van der Waals surface area contributed by atoms with Crippen LogP contribution in [0.15, 0.2) is 48.7 Å². The summed E-state index contributed by atoms with van der Waals surface area (Å²) in [5, 5.41) is 3.44. The van der Waals surface area contributed by atoms with Crippen LogP contribution in [0.5, 0.6) is 5.75 Å². The van der Waals surface area contributed by atoms with Crippen LogP contribution in [-0.4, -0.2) is 22.9 Å². The van der Waals surface area contributed by atoms with Crippen LogP contribution in [0.1, 0.15) is 51.8 Å². The van der Waals surface area contributed by atoms with Gasteiger partial charge in [0.25, 0.3) is 0 Å². The lowest BCUT2D eigenvalue weighted by atomic mass is 9.91. The normalized spacial score (nSPS) is 13.4. The molecule has 0 spiro atoms. The van der Waals surface area contributed by atoms with Gasteiger partial charge >= 0.3 is 0 Å². The minimum atomic E-state index is -0.146. The molecule has 4 heteroatoms. The molecule has 0 amide bonds. The lowest BCUT2D eigenvalue weighted by Crippen LogP contribution is -2.44. The highest BCUT2D eigenvalue weighted by atomic mass is 16.5. The zero-order valence-electron chi connectivity index (χ0n) is 16.9. The summed E-state index contributed by atoms with van der Waals surface area (Å²) < 4.78 is 5.79. The number of pyridine rings is 1. The number of nitrogens with one attached hydrogen (secondary N) is 1. The predicted octanol–water partition coefficient (Wildman–Crippen LogP) is 4.58. The number of benzene rings is 1. The van der Waals surface area contributed by atoms with Gasteiger partial charge in [0.2, 0.25) is 0 Å². The van der Waals surface area contributed by atoms with Crippen molar-refractivity contribution in [2.45, 2.75) is 65.6 Å². The summed E-state index contributed by atoms with van der Waals surface area (Å²) in [6, 6.07) is 13.9. The van der Waals surface area contributed by atoms with E-state index in [1.54, 1.807) is 6.20 Å². The van der Waals surface area contributed by atoms with Gasteiger partial charge < -0.3 is 10.1 Å². The van der Waals surface area contributed by atoms with Crippen molar-refractivity contribution in [1.82, 2.24) is 10.3 Å². The first-order valence-electron chi connectivity index (χ1n) is 9.91.